The molecule has 2 rings (SSSR count). The average molecular weight is 305 g/mol. The highest BCUT2D eigenvalue weighted by molar-refractivity contribution is 9.10. The van der Waals surface area contributed by atoms with Crippen LogP contribution in [0.25, 0.3) is 0 Å². The highest BCUT2D eigenvalue weighted by Gasteiger charge is 2.06. The van der Waals surface area contributed by atoms with Gasteiger partial charge in [-0.3, -0.25) is 4.79 Å². The number of hydrogen-bond donors (Lipinski definition) is 0. The maximum Gasteiger partial charge on any atom is 0.162 e. The molecule has 0 heterocycles. The van der Waals surface area contributed by atoms with Crippen LogP contribution in [0.15, 0.2) is 53.0 Å². The first-order chi connectivity index (χ1) is 8.70. The van der Waals surface area contributed by atoms with Crippen LogP contribution in [0.1, 0.15) is 23.7 Å². The second kappa shape index (κ2) is 5.83. The molecular formula is C15H13BrO2. The molecule has 0 spiro atoms. The van der Waals surface area contributed by atoms with Gasteiger partial charge in [-0.2, -0.15) is 0 Å². The Kier molecular flexibility index (Phi) is 4.15. The number of carbonyl (C=O) groups excluding carboxylic acids is 1. The zero-order valence-electron chi connectivity index (χ0n) is 10.0. The van der Waals surface area contributed by atoms with E-state index in [9.17, 15) is 4.79 Å². The van der Waals surface area contributed by atoms with Crippen molar-refractivity contribution in [3.05, 3.63) is 58.6 Å². The third-order valence-corrected chi connectivity index (χ3v) is 3.20. The molecule has 2 nitrogen and oxygen atoms in total. The van der Waals surface area contributed by atoms with Crippen molar-refractivity contribution in [2.75, 3.05) is 0 Å². The summed E-state index contributed by atoms with van der Waals surface area (Å²) in [7, 11) is 0. The second-order valence-corrected chi connectivity index (χ2v) is 4.69. The van der Waals surface area contributed by atoms with E-state index in [0.29, 0.717) is 17.7 Å². The molecule has 0 aliphatic rings. The van der Waals surface area contributed by atoms with Crippen molar-refractivity contribution in [3.8, 4) is 11.5 Å². The predicted octanol–water partition coefficient (Wildman–Crippen LogP) is 4.83. The van der Waals surface area contributed by atoms with Crippen LogP contribution in [-0.2, 0) is 0 Å². The quantitative estimate of drug-likeness (QED) is 0.756. The van der Waals surface area contributed by atoms with Gasteiger partial charge in [0, 0.05) is 12.0 Å². The van der Waals surface area contributed by atoms with Crippen LogP contribution < -0.4 is 4.74 Å². The molecule has 0 bridgehead atoms. The summed E-state index contributed by atoms with van der Waals surface area (Å²) in [4.78, 5) is 11.6. The molecule has 0 atom stereocenters. The summed E-state index contributed by atoms with van der Waals surface area (Å²) in [6.07, 6.45) is 0.498. The minimum Gasteiger partial charge on any atom is -0.456 e. The first-order valence-electron chi connectivity index (χ1n) is 5.76. The predicted molar refractivity (Wildman–Crippen MR) is 75.3 cm³/mol. The lowest BCUT2D eigenvalue weighted by molar-refractivity contribution is 0.0988. The minimum atomic E-state index is 0.118. The largest absolute Gasteiger partial charge is 0.456 e. The fourth-order valence-electron chi connectivity index (χ4n) is 1.59. The van der Waals surface area contributed by atoms with Gasteiger partial charge in [0.05, 0.1) is 4.47 Å². The first kappa shape index (κ1) is 12.8. The van der Waals surface area contributed by atoms with Gasteiger partial charge >= 0.3 is 0 Å². The number of ketones is 1. The lowest BCUT2D eigenvalue weighted by atomic mass is 10.1. The summed E-state index contributed by atoms with van der Waals surface area (Å²) in [6, 6.07) is 14.9. The van der Waals surface area contributed by atoms with Crippen LogP contribution in [0.4, 0.5) is 0 Å². The molecule has 0 saturated carbocycles. The molecule has 0 N–H and O–H groups in total. The van der Waals surface area contributed by atoms with Crippen molar-refractivity contribution < 1.29 is 9.53 Å². The molecule has 0 aliphatic heterocycles. The van der Waals surface area contributed by atoms with Crippen LogP contribution in [0, 0.1) is 0 Å². The molecular weight excluding hydrogens is 292 g/mol. The summed E-state index contributed by atoms with van der Waals surface area (Å²) in [6.45, 7) is 1.85. The Balaban J connectivity index is 2.25. The second-order valence-electron chi connectivity index (χ2n) is 3.84. The van der Waals surface area contributed by atoms with Crippen molar-refractivity contribution in [1.82, 2.24) is 0 Å². The van der Waals surface area contributed by atoms with Crippen molar-refractivity contribution in [3.63, 3.8) is 0 Å². The Hall–Kier alpha value is -1.61. The zero-order chi connectivity index (χ0) is 13.0. The van der Waals surface area contributed by atoms with E-state index in [0.717, 1.165) is 10.2 Å². The Morgan fingerprint density at radius 3 is 2.67 bits per heavy atom. The normalized spacial score (nSPS) is 10.1. The van der Waals surface area contributed by atoms with E-state index in [2.05, 4.69) is 15.9 Å². The minimum absolute atomic E-state index is 0.118. The van der Waals surface area contributed by atoms with Gasteiger partial charge in [-0.1, -0.05) is 31.2 Å². The number of Topliss-reactive ketones (excluding diaryl/α,β-unsaturated/α-hetero) is 1. The summed E-state index contributed by atoms with van der Waals surface area (Å²) in [5.41, 5.74) is 0.682. The standard InChI is InChI=1S/C15H13BrO2/c1-2-14(17)11-6-5-7-12(10-11)18-15-9-4-3-8-13(15)16/h3-10H,2H2,1H3. The average Bonchev–Trinajstić information content (AvgIpc) is 2.41. The van der Waals surface area contributed by atoms with Gasteiger partial charge in [-0.15, -0.1) is 0 Å². The van der Waals surface area contributed by atoms with Gasteiger partial charge in [-0.25, -0.2) is 0 Å². The monoisotopic (exact) mass is 304 g/mol. The summed E-state index contributed by atoms with van der Waals surface area (Å²) in [5.74, 6) is 1.52. The molecule has 92 valence electrons. The third kappa shape index (κ3) is 2.99. The van der Waals surface area contributed by atoms with Crippen molar-refractivity contribution >= 4 is 21.7 Å². The fourth-order valence-corrected chi connectivity index (χ4v) is 1.96. The number of benzene rings is 2. The molecule has 18 heavy (non-hydrogen) atoms. The molecule has 0 aliphatic carbocycles. The van der Waals surface area contributed by atoms with E-state index in [-0.39, 0.29) is 5.78 Å². The number of rotatable bonds is 4. The highest BCUT2D eigenvalue weighted by Crippen LogP contribution is 2.29. The molecule has 2 aromatic rings. The Morgan fingerprint density at radius 2 is 1.94 bits per heavy atom. The number of para-hydroxylation sites is 1. The van der Waals surface area contributed by atoms with Crippen LogP contribution in [0.5, 0.6) is 11.5 Å². The Bertz CT molecular complexity index is 564. The summed E-state index contributed by atoms with van der Waals surface area (Å²) < 4.78 is 6.63. The lowest BCUT2D eigenvalue weighted by Gasteiger charge is -2.08. The van der Waals surface area contributed by atoms with E-state index in [1.807, 2.05) is 43.3 Å². The van der Waals surface area contributed by atoms with E-state index in [4.69, 9.17) is 4.74 Å². The molecule has 3 heteroatoms. The van der Waals surface area contributed by atoms with Gasteiger partial charge < -0.3 is 4.74 Å². The number of ether oxygens (including phenoxy) is 1. The van der Waals surface area contributed by atoms with Crippen LogP contribution in [0.2, 0.25) is 0 Å². The number of hydrogen-bond acceptors (Lipinski definition) is 2. The molecule has 0 saturated heterocycles. The SMILES string of the molecule is CCC(=O)c1cccc(Oc2ccccc2Br)c1. The molecule has 0 radical (unpaired) electrons. The first-order valence-corrected chi connectivity index (χ1v) is 6.55. The summed E-state index contributed by atoms with van der Waals surface area (Å²) in [5, 5.41) is 0. The van der Waals surface area contributed by atoms with E-state index in [1.54, 1.807) is 12.1 Å². The maximum atomic E-state index is 11.6. The van der Waals surface area contributed by atoms with Gasteiger partial charge in [0.15, 0.2) is 5.78 Å². The number of halogens is 1. The summed E-state index contributed by atoms with van der Waals surface area (Å²) >= 11 is 3.42. The maximum absolute atomic E-state index is 11.6. The van der Waals surface area contributed by atoms with E-state index < -0.39 is 0 Å². The molecule has 0 unspecified atom stereocenters. The zero-order valence-corrected chi connectivity index (χ0v) is 11.6. The lowest BCUT2D eigenvalue weighted by Crippen LogP contribution is -1.96. The van der Waals surface area contributed by atoms with Crippen molar-refractivity contribution in [1.29, 1.82) is 0 Å². The van der Waals surface area contributed by atoms with Crippen LogP contribution in [-0.4, -0.2) is 5.78 Å². The Labute approximate surface area is 115 Å². The topological polar surface area (TPSA) is 26.3 Å². The Morgan fingerprint density at radius 1 is 1.17 bits per heavy atom. The van der Waals surface area contributed by atoms with Crippen molar-refractivity contribution in [2.45, 2.75) is 13.3 Å². The number of carbonyl (C=O) groups is 1. The van der Waals surface area contributed by atoms with E-state index in [1.165, 1.54) is 0 Å². The van der Waals surface area contributed by atoms with Gasteiger partial charge in [-0.05, 0) is 40.2 Å². The molecule has 0 aromatic heterocycles. The van der Waals surface area contributed by atoms with Gasteiger partial charge in [0.2, 0.25) is 0 Å². The smallest absolute Gasteiger partial charge is 0.162 e. The van der Waals surface area contributed by atoms with Gasteiger partial charge in [0.1, 0.15) is 11.5 Å². The van der Waals surface area contributed by atoms with Crippen molar-refractivity contribution in [2.24, 2.45) is 0 Å². The molecule has 0 fully saturated rings. The highest BCUT2D eigenvalue weighted by atomic mass is 79.9. The third-order valence-electron chi connectivity index (χ3n) is 2.54. The fraction of sp³-hybridized carbons (Fsp3) is 0.133. The van der Waals surface area contributed by atoms with Crippen LogP contribution in [0.3, 0.4) is 0 Å². The van der Waals surface area contributed by atoms with Crippen LogP contribution >= 0.6 is 15.9 Å². The van der Waals surface area contributed by atoms with Gasteiger partial charge in [0.25, 0.3) is 0 Å². The molecule has 0 amide bonds. The molecule has 2 aromatic carbocycles. The van der Waals surface area contributed by atoms with E-state index >= 15 is 0 Å².